The molecule has 0 saturated carbocycles. The molecule has 1 heterocycles. The average Bonchev–Trinajstić information content (AvgIpc) is 2.44. The molecule has 1 aliphatic heterocycles. The quantitative estimate of drug-likeness (QED) is 0.699. The minimum atomic E-state index is 0.251. The van der Waals surface area contributed by atoms with E-state index < -0.39 is 0 Å². The molecule has 2 N–H and O–H groups in total. The summed E-state index contributed by atoms with van der Waals surface area (Å²) >= 11 is 0. The van der Waals surface area contributed by atoms with Crippen molar-refractivity contribution in [1.82, 2.24) is 10.2 Å². The van der Waals surface area contributed by atoms with Gasteiger partial charge in [-0.05, 0) is 44.3 Å². The fourth-order valence-electron chi connectivity index (χ4n) is 3.01. The Hall–Kier alpha value is -0.120. The first kappa shape index (κ1) is 15.9. The maximum atomic E-state index is 9.39. The molecule has 0 radical (unpaired) electrons. The Balaban J connectivity index is 2.33. The monoisotopic (exact) mass is 256 g/mol. The van der Waals surface area contributed by atoms with Crippen LogP contribution in [0.2, 0.25) is 0 Å². The van der Waals surface area contributed by atoms with E-state index in [2.05, 4.69) is 31.0 Å². The predicted octanol–water partition coefficient (Wildman–Crippen LogP) is 2.25. The summed E-state index contributed by atoms with van der Waals surface area (Å²) < 4.78 is 0. The molecule has 3 heteroatoms. The molecule has 18 heavy (non-hydrogen) atoms. The molecule has 1 unspecified atom stereocenters. The molecule has 1 saturated heterocycles. The first-order chi connectivity index (χ1) is 8.69. The Morgan fingerprint density at radius 3 is 2.22 bits per heavy atom. The molecular weight excluding hydrogens is 224 g/mol. The Morgan fingerprint density at radius 2 is 1.78 bits per heavy atom. The van der Waals surface area contributed by atoms with Gasteiger partial charge in [-0.3, -0.25) is 0 Å². The molecule has 0 aromatic carbocycles. The highest BCUT2D eigenvalue weighted by Crippen LogP contribution is 2.37. The molecule has 0 bridgehead atoms. The topological polar surface area (TPSA) is 35.5 Å². The molecule has 1 atom stereocenters. The van der Waals surface area contributed by atoms with Crippen LogP contribution >= 0.6 is 0 Å². The normalized spacial score (nSPS) is 22.0. The Labute approximate surface area is 113 Å². The SMILES string of the molecule is CCCNC(CO)CN1CCC(CC)(CC)CC1. The Morgan fingerprint density at radius 1 is 1.17 bits per heavy atom. The Bertz CT molecular complexity index is 207. The van der Waals surface area contributed by atoms with E-state index in [0.29, 0.717) is 5.41 Å². The van der Waals surface area contributed by atoms with Crippen molar-refractivity contribution < 1.29 is 5.11 Å². The molecule has 0 aromatic rings. The van der Waals surface area contributed by atoms with Crippen molar-refractivity contribution in [3.05, 3.63) is 0 Å². The molecule has 1 fully saturated rings. The molecule has 108 valence electrons. The van der Waals surface area contributed by atoms with Gasteiger partial charge in [0.15, 0.2) is 0 Å². The van der Waals surface area contributed by atoms with E-state index >= 15 is 0 Å². The van der Waals surface area contributed by atoms with Gasteiger partial charge in [0.25, 0.3) is 0 Å². The number of nitrogens with one attached hydrogen (secondary N) is 1. The van der Waals surface area contributed by atoms with Crippen molar-refractivity contribution in [1.29, 1.82) is 0 Å². The number of aliphatic hydroxyl groups is 1. The number of piperidine rings is 1. The largest absolute Gasteiger partial charge is 0.395 e. The van der Waals surface area contributed by atoms with Crippen molar-refractivity contribution in [3.63, 3.8) is 0 Å². The van der Waals surface area contributed by atoms with Gasteiger partial charge < -0.3 is 15.3 Å². The van der Waals surface area contributed by atoms with Gasteiger partial charge >= 0.3 is 0 Å². The minimum Gasteiger partial charge on any atom is -0.395 e. The molecule has 1 rings (SSSR count). The van der Waals surface area contributed by atoms with Gasteiger partial charge in [-0.15, -0.1) is 0 Å². The molecule has 0 aliphatic carbocycles. The number of aliphatic hydroxyl groups excluding tert-OH is 1. The second kappa shape index (κ2) is 8.13. The van der Waals surface area contributed by atoms with Crippen LogP contribution in [0.3, 0.4) is 0 Å². The Kier molecular flexibility index (Phi) is 7.20. The van der Waals surface area contributed by atoms with Crippen LogP contribution in [-0.4, -0.2) is 48.8 Å². The molecule has 1 aliphatic rings. The van der Waals surface area contributed by atoms with Crippen LogP contribution in [0.1, 0.15) is 52.9 Å². The van der Waals surface area contributed by atoms with Gasteiger partial charge in [0.05, 0.1) is 6.61 Å². The smallest absolute Gasteiger partial charge is 0.0597 e. The van der Waals surface area contributed by atoms with E-state index in [1.807, 2.05) is 0 Å². The van der Waals surface area contributed by atoms with E-state index in [-0.39, 0.29) is 12.6 Å². The highest BCUT2D eigenvalue weighted by molar-refractivity contribution is 4.85. The second-order valence-corrected chi connectivity index (χ2v) is 5.84. The lowest BCUT2D eigenvalue weighted by molar-refractivity contribution is 0.0808. The third kappa shape index (κ3) is 4.52. The van der Waals surface area contributed by atoms with Gasteiger partial charge in [0, 0.05) is 12.6 Å². The lowest BCUT2D eigenvalue weighted by Gasteiger charge is -2.42. The summed E-state index contributed by atoms with van der Waals surface area (Å²) in [7, 11) is 0. The van der Waals surface area contributed by atoms with Crippen molar-refractivity contribution in [2.75, 3.05) is 32.8 Å². The van der Waals surface area contributed by atoms with Gasteiger partial charge in [0.1, 0.15) is 0 Å². The minimum absolute atomic E-state index is 0.251. The maximum absolute atomic E-state index is 9.39. The van der Waals surface area contributed by atoms with Crippen LogP contribution in [0.25, 0.3) is 0 Å². The summed E-state index contributed by atoms with van der Waals surface area (Å²) in [6, 6.07) is 0.251. The average molecular weight is 256 g/mol. The van der Waals surface area contributed by atoms with Gasteiger partial charge in [-0.2, -0.15) is 0 Å². The third-order valence-electron chi connectivity index (χ3n) is 4.80. The molecule has 3 nitrogen and oxygen atoms in total. The summed E-state index contributed by atoms with van der Waals surface area (Å²) in [4.78, 5) is 2.52. The van der Waals surface area contributed by atoms with Crippen LogP contribution in [0.5, 0.6) is 0 Å². The van der Waals surface area contributed by atoms with Crippen LogP contribution in [0, 0.1) is 5.41 Å². The molecule has 0 aromatic heterocycles. The summed E-state index contributed by atoms with van der Waals surface area (Å²) in [5.74, 6) is 0. The molecule has 0 spiro atoms. The number of likely N-dealkylation sites (tertiary alicyclic amines) is 1. The highest BCUT2D eigenvalue weighted by Gasteiger charge is 2.31. The van der Waals surface area contributed by atoms with Crippen molar-refractivity contribution >= 4 is 0 Å². The summed E-state index contributed by atoms with van der Waals surface area (Å²) in [5, 5.41) is 12.8. The molecular formula is C15H32N2O. The van der Waals surface area contributed by atoms with Crippen molar-refractivity contribution in [2.24, 2.45) is 5.41 Å². The van der Waals surface area contributed by atoms with Crippen LogP contribution in [0.4, 0.5) is 0 Å². The van der Waals surface area contributed by atoms with Crippen LogP contribution in [0.15, 0.2) is 0 Å². The van der Waals surface area contributed by atoms with Gasteiger partial charge in [0.2, 0.25) is 0 Å². The van der Waals surface area contributed by atoms with Crippen LogP contribution in [-0.2, 0) is 0 Å². The fourth-order valence-corrected chi connectivity index (χ4v) is 3.01. The summed E-state index contributed by atoms with van der Waals surface area (Å²) in [6.07, 6.45) is 6.41. The van der Waals surface area contributed by atoms with E-state index in [1.54, 1.807) is 0 Å². The molecule has 0 amide bonds. The van der Waals surface area contributed by atoms with E-state index in [1.165, 1.54) is 38.8 Å². The first-order valence-corrected chi connectivity index (χ1v) is 7.76. The standard InChI is InChI=1S/C15H32N2O/c1-4-9-16-14(13-18)12-17-10-7-15(5-2,6-3)8-11-17/h14,16,18H,4-13H2,1-3H3. The fraction of sp³-hybridized carbons (Fsp3) is 1.00. The zero-order valence-corrected chi connectivity index (χ0v) is 12.5. The first-order valence-electron chi connectivity index (χ1n) is 7.76. The van der Waals surface area contributed by atoms with Gasteiger partial charge in [-0.1, -0.05) is 33.6 Å². The van der Waals surface area contributed by atoms with E-state index in [9.17, 15) is 5.11 Å². The van der Waals surface area contributed by atoms with Crippen molar-refractivity contribution in [3.8, 4) is 0 Å². The maximum Gasteiger partial charge on any atom is 0.0597 e. The van der Waals surface area contributed by atoms with E-state index in [4.69, 9.17) is 0 Å². The zero-order valence-electron chi connectivity index (χ0n) is 12.5. The number of hydrogen-bond donors (Lipinski definition) is 2. The lowest BCUT2D eigenvalue weighted by atomic mass is 9.74. The van der Waals surface area contributed by atoms with Crippen molar-refractivity contribution in [2.45, 2.75) is 58.9 Å². The predicted molar refractivity (Wildman–Crippen MR) is 77.9 cm³/mol. The van der Waals surface area contributed by atoms with Gasteiger partial charge in [-0.25, -0.2) is 0 Å². The number of nitrogens with zero attached hydrogens (tertiary/aromatic N) is 1. The summed E-state index contributed by atoms with van der Waals surface area (Å²) in [5.41, 5.74) is 0.599. The summed E-state index contributed by atoms with van der Waals surface area (Å²) in [6.45, 7) is 11.5. The number of hydrogen-bond acceptors (Lipinski definition) is 3. The lowest BCUT2D eigenvalue weighted by Crippen LogP contribution is -2.48. The van der Waals surface area contributed by atoms with E-state index in [0.717, 1.165) is 19.5 Å². The number of rotatable bonds is 8. The van der Waals surface area contributed by atoms with Crippen LogP contribution < -0.4 is 5.32 Å². The second-order valence-electron chi connectivity index (χ2n) is 5.84. The highest BCUT2D eigenvalue weighted by atomic mass is 16.3. The zero-order chi connectivity index (χ0) is 13.4. The third-order valence-corrected chi connectivity index (χ3v) is 4.80.